The first-order valence-electron chi connectivity index (χ1n) is 5.66. The van der Waals surface area contributed by atoms with Crippen LogP contribution in [0.4, 0.5) is 5.69 Å². The first-order valence-corrected chi connectivity index (χ1v) is 9.93. The van der Waals surface area contributed by atoms with Crippen molar-refractivity contribution in [2.24, 2.45) is 0 Å². The lowest BCUT2D eigenvalue weighted by molar-refractivity contribution is 0.587. The van der Waals surface area contributed by atoms with E-state index in [0.717, 1.165) is 0 Å². The molecule has 1 aromatic rings. The number of hydrogen-bond donors (Lipinski definition) is 1. The van der Waals surface area contributed by atoms with Gasteiger partial charge in [-0.15, -0.1) is 0 Å². The van der Waals surface area contributed by atoms with Crippen molar-refractivity contribution < 1.29 is 16.8 Å². The number of hydrogen-bond acceptors (Lipinski definition) is 5. The van der Waals surface area contributed by atoms with Gasteiger partial charge in [-0.2, -0.15) is 0 Å². The van der Waals surface area contributed by atoms with Crippen LogP contribution < -0.4 is 5.73 Å². The molecule has 0 bridgehead atoms. The van der Waals surface area contributed by atoms with Gasteiger partial charge >= 0.3 is 0 Å². The molecule has 8 heteroatoms. The SMILES string of the molecule is CCCS(=O)(=O)CCS(=O)(=O)c1ccc(Br)cc1N. The van der Waals surface area contributed by atoms with Gasteiger partial charge in [0.15, 0.2) is 19.7 Å². The van der Waals surface area contributed by atoms with Crippen LogP contribution in [0, 0.1) is 0 Å². The Morgan fingerprint density at radius 3 is 2.26 bits per heavy atom. The Bertz CT molecular complexity index is 653. The quantitative estimate of drug-likeness (QED) is 0.768. The second-order valence-corrected chi connectivity index (χ2v) is 9.45. The first-order chi connectivity index (χ1) is 8.68. The molecule has 0 aliphatic heterocycles. The molecule has 0 spiro atoms. The predicted molar refractivity (Wildman–Crippen MR) is 79.6 cm³/mol. The van der Waals surface area contributed by atoms with Crippen molar-refractivity contribution >= 4 is 41.3 Å². The highest BCUT2D eigenvalue weighted by atomic mass is 79.9. The molecule has 0 saturated heterocycles. The second-order valence-electron chi connectivity index (χ2n) is 4.15. The van der Waals surface area contributed by atoms with E-state index in [2.05, 4.69) is 15.9 Å². The van der Waals surface area contributed by atoms with Crippen molar-refractivity contribution in [2.75, 3.05) is 23.0 Å². The van der Waals surface area contributed by atoms with Crippen LogP contribution in [0.3, 0.4) is 0 Å². The van der Waals surface area contributed by atoms with E-state index in [4.69, 9.17) is 5.73 Å². The summed E-state index contributed by atoms with van der Waals surface area (Å²) >= 11 is 3.18. The summed E-state index contributed by atoms with van der Waals surface area (Å²) in [5, 5.41) is 0. The normalized spacial score (nSPS) is 12.5. The molecule has 2 N–H and O–H groups in total. The van der Waals surface area contributed by atoms with Crippen molar-refractivity contribution in [3.8, 4) is 0 Å². The lowest BCUT2D eigenvalue weighted by atomic mass is 10.3. The van der Waals surface area contributed by atoms with Crippen LogP contribution in [0.15, 0.2) is 27.6 Å². The molecule has 19 heavy (non-hydrogen) atoms. The summed E-state index contributed by atoms with van der Waals surface area (Å²) in [4.78, 5) is -0.0256. The smallest absolute Gasteiger partial charge is 0.181 e. The average Bonchev–Trinajstić information content (AvgIpc) is 2.26. The van der Waals surface area contributed by atoms with E-state index in [1.807, 2.05) is 0 Å². The zero-order valence-electron chi connectivity index (χ0n) is 10.5. The molecule has 1 rings (SSSR count). The predicted octanol–water partition coefficient (Wildman–Crippen LogP) is 1.63. The highest BCUT2D eigenvalue weighted by molar-refractivity contribution is 9.10. The molecule has 108 valence electrons. The third-order valence-electron chi connectivity index (χ3n) is 2.49. The Morgan fingerprint density at radius 2 is 1.74 bits per heavy atom. The van der Waals surface area contributed by atoms with Crippen LogP contribution in [0.1, 0.15) is 13.3 Å². The molecule has 0 saturated carbocycles. The van der Waals surface area contributed by atoms with Crippen LogP contribution in [-0.4, -0.2) is 34.1 Å². The van der Waals surface area contributed by atoms with Crippen molar-refractivity contribution in [3.63, 3.8) is 0 Å². The minimum absolute atomic E-state index is 0.00165. The van der Waals surface area contributed by atoms with Crippen molar-refractivity contribution in [3.05, 3.63) is 22.7 Å². The van der Waals surface area contributed by atoms with Gasteiger partial charge in [-0.25, -0.2) is 16.8 Å². The van der Waals surface area contributed by atoms with Gasteiger partial charge in [0.1, 0.15) is 0 Å². The third kappa shape index (κ3) is 4.77. The largest absolute Gasteiger partial charge is 0.398 e. The second kappa shape index (κ2) is 6.23. The lowest BCUT2D eigenvalue weighted by Crippen LogP contribution is -2.20. The van der Waals surface area contributed by atoms with E-state index >= 15 is 0 Å². The number of halogens is 1. The lowest BCUT2D eigenvalue weighted by Gasteiger charge is -2.08. The van der Waals surface area contributed by atoms with Crippen molar-refractivity contribution in [2.45, 2.75) is 18.2 Å². The van der Waals surface area contributed by atoms with E-state index in [1.165, 1.54) is 12.1 Å². The molecule has 0 atom stereocenters. The molecule has 0 aliphatic rings. The van der Waals surface area contributed by atoms with Gasteiger partial charge in [0.2, 0.25) is 0 Å². The van der Waals surface area contributed by atoms with E-state index < -0.39 is 25.4 Å². The van der Waals surface area contributed by atoms with Gasteiger partial charge in [0, 0.05) is 10.2 Å². The highest BCUT2D eigenvalue weighted by Crippen LogP contribution is 2.23. The molecule has 0 amide bonds. The Kier molecular flexibility index (Phi) is 5.40. The minimum Gasteiger partial charge on any atom is -0.398 e. The molecule has 0 heterocycles. The summed E-state index contributed by atoms with van der Waals surface area (Å²) in [6.07, 6.45) is 0.475. The maximum absolute atomic E-state index is 12.1. The Morgan fingerprint density at radius 1 is 1.11 bits per heavy atom. The van der Waals surface area contributed by atoms with Crippen LogP contribution in [-0.2, 0) is 19.7 Å². The third-order valence-corrected chi connectivity index (χ3v) is 6.88. The molecule has 0 aromatic heterocycles. The van der Waals surface area contributed by atoms with Gasteiger partial charge in [-0.1, -0.05) is 22.9 Å². The fourth-order valence-corrected chi connectivity index (χ4v) is 5.57. The fraction of sp³-hybridized carbons (Fsp3) is 0.455. The Labute approximate surface area is 122 Å². The monoisotopic (exact) mass is 369 g/mol. The van der Waals surface area contributed by atoms with E-state index in [0.29, 0.717) is 10.9 Å². The van der Waals surface area contributed by atoms with Crippen LogP contribution in [0.2, 0.25) is 0 Å². The molecule has 0 aliphatic carbocycles. The molecule has 0 radical (unpaired) electrons. The zero-order chi connectivity index (χ0) is 14.7. The average molecular weight is 370 g/mol. The molecule has 5 nitrogen and oxygen atoms in total. The summed E-state index contributed by atoms with van der Waals surface area (Å²) in [7, 11) is -7.01. The van der Waals surface area contributed by atoms with E-state index in [1.54, 1.807) is 13.0 Å². The summed E-state index contributed by atoms with van der Waals surface area (Å²) in [6.45, 7) is 1.73. The minimum atomic E-state index is -3.68. The summed E-state index contributed by atoms with van der Waals surface area (Å²) in [5.74, 6) is -0.821. The standard InChI is InChI=1S/C11H16BrNO4S2/c1-2-5-18(14,15)6-7-19(16,17)11-4-3-9(12)8-10(11)13/h3-4,8H,2,5-7,13H2,1H3. The number of benzene rings is 1. The maximum atomic E-state index is 12.1. The van der Waals surface area contributed by atoms with Crippen molar-refractivity contribution in [1.82, 2.24) is 0 Å². The molecular weight excluding hydrogens is 354 g/mol. The topological polar surface area (TPSA) is 94.3 Å². The summed E-state index contributed by atoms with van der Waals surface area (Å²) in [5.41, 5.74) is 5.76. The molecular formula is C11H16BrNO4S2. The Balaban J connectivity index is 2.94. The van der Waals surface area contributed by atoms with E-state index in [-0.39, 0.29) is 22.1 Å². The van der Waals surface area contributed by atoms with Gasteiger partial charge in [0.05, 0.1) is 22.1 Å². The Hall–Kier alpha value is -0.600. The number of nitrogens with two attached hydrogens (primary N) is 1. The van der Waals surface area contributed by atoms with Crippen LogP contribution >= 0.6 is 15.9 Å². The maximum Gasteiger partial charge on any atom is 0.181 e. The van der Waals surface area contributed by atoms with Crippen molar-refractivity contribution in [1.29, 1.82) is 0 Å². The summed E-state index contributed by atoms with van der Waals surface area (Å²) < 4.78 is 47.9. The van der Waals surface area contributed by atoms with Gasteiger partial charge in [0.25, 0.3) is 0 Å². The number of sulfone groups is 2. The van der Waals surface area contributed by atoms with E-state index in [9.17, 15) is 16.8 Å². The zero-order valence-corrected chi connectivity index (χ0v) is 13.7. The number of rotatable bonds is 6. The molecule has 0 unspecified atom stereocenters. The van der Waals surface area contributed by atoms with Gasteiger partial charge in [-0.3, -0.25) is 0 Å². The van der Waals surface area contributed by atoms with Crippen LogP contribution in [0.5, 0.6) is 0 Å². The van der Waals surface area contributed by atoms with Crippen LogP contribution in [0.25, 0.3) is 0 Å². The fourth-order valence-electron chi connectivity index (χ4n) is 1.56. The van der Waals surface area contributed by atoms with Gasteiger partial charge < -0.3 is 5.73 Å². The first kappa shape index (κ1) is 16.5. The summed E-state index contributed by atoms with van der Waals surface area (Å²) in [6, 6.07) is 4.42. The number of nitrogen functional groups attached to an aromatic ring is 1. The van der Waals surface area contributed by atoms with Gasteiger partial charge in [-0.05, 0) is 24.6 Å². The highest BCUT2D eigenvalue weighted by Gasteiger charge is 2.21. The molecule has 0 fully saturated rings. The molecule has 1 aromatic carbocycles. The number of anilines is 1.